The monoisotopic (exact) mass is 246 g/mol. The van der Waals surface area contributed by atoms with Gasteiger partial charge in [0.1, 0.15) is 11.9 Å². The first-order valence-corrected chi connectivity index (χ1v) is 6.60. The Morgan fingerprint density at radius 1 is 1.35 bits per heavy atom. The third-order valence-corrected chi connectivity index (χ3v) is 4.06. The van der Waals surface area contributed by atoms with E-state index >= 15 is 0 Å². The summed E-state index contributed by atoms with van der Waals surface area (Å²) in [5, 5.41) is 12.2. The number of fused-ring (bicyclic) bond motifs is 1. The number of aliphatic hydroxyl groups is 1. The quantitative estimate of drug-likeness (QED) is 0.832. The van der Waals surface area contributed by atoms with Crippen molar-refractivity contribution < 1.29 is 9.84 Å². The molecule has 0 radical (unpaired) electrons. The van der Waals surface area contributed by atoms with Crippen molar-refractivity contribution in [2.45, 2.75) is 25.6 Å². The van der Waals surface area contributed by atoms with Crippen LogP contribution in [0, 0.1) is 6.92 Å². The molecule has 0 bridgehead atoms. The van der Waals surface area contributed by atoms with Gasteiger partial charge in [0.15, 0.2) is 0 Å². The van der Waals surface area contributed by atoms with Gasteiger partial charge >= 0.3 is 0 Å². The van der Waals surface area contributed by atoms with Gasteiger partial charge in [-0.15, -0.1) is 11.3 Å². The maximum atomic E-state index is 10.2. The molecule has 0 amide bonds. The molecule has 2 heterocycles. The molecular formula is C14H14O2S. The lowest BCUT2D eigenvalue weighted by molar-refractivity contribution is 0.0674. The molecule has 0 aliphatic carbocycles. The molecule has 2 aromatic rings. The van der Waals surface area contributed by atoms with Crippen LogP contribution in [-0.4, -0.2) is 5.11 Å². The van der Waals surface area contributed by atoms with Crippen molar-refractivity contribution in [2.24, 2.45) is 0 Å². The van der Waals surface area contributed by atoms with E-state index in [0.29, 0.717) is 6.42 Å². The highest BCUT2D eigenvalue weighted by Gasteiger charge is 2.28. The molecule has 17 heavy (non-hydrogen) atoms. The van der Waals surface area contributed by atoms with Crippen LogP contribution in [0.5, 0.6) is 5.75 Å². The number of benzene rings is 1. The number of rotatable bonds is 1. The zero-order chi connectivity index (χ0) is 11.8. The van der Waals surface area contributed by atoms with Gasteiger partial charge < -0.3 is 9.84 Å². The molecular weight excluding hydrogens is 232 g/mol. The van der Waals surface area contributed by atoms with E-state index in [4.69, 9.17) is 4.74 Å². The molecule has 0 saturated heterocycles. The zero-order valence-corrected chi connectivity index (χ0v) is 10.4. The van der Waals surface area contributed by atoms with Crippen LogP contribution in [0.15, 0.2) is 35.7 Å². The lowest BCUT2D eigenvalue weighted by Gasteiger charge is -2.29. The van der Waals surface area contributed by atoms with E-state index in [2.05, 4.69) is 6.07 Å². The predicted molar refractivity (Wildman–Crippen MR) is 68.4 cm³/mol. The minimum Gasteiger partial charge on any atom is -0.484 e. The summed E-state index contributed by atoms with van der Waals surface area (Å²) in [6.45, 7) is 2.03. The Hall–Kier alpha value is -1.32. The maximum absolute atomic E-state index is 10.2. The van der Waals surface area contributed by atoms with Crippen molar-refractivity contribution in [2.75, 3.05) is 0 Å². The fourth-order valence-electron chi connectivity index (χ4n) is 2.22. The van der Waals surface area contributed by atoms with Crippen LogP contribution >= 0.6 is 11.3 Å². The Morgan fingerprint density at radius 3 is 3.00 bits per heavy atom. The minimum absolute atomic E-state index is 0.0137. The van der Waals surface area contributed by atoms with Gasteiger partial charge in [0.05, 0.1) is 6.10 Å². The van der Waals surface area contributed by atoms with Gasteiger partial charge in [-0.2, -0.15) is 0 Å². The molecule has 0 fully saturated rings. The molecule has 0 spiro atoms. The molecule has 0 saturated carbocycles. The van der Waals surface area contributed by atoms with Gasteiger partial charge in [0.25, 0.3) is 0 Å². The Labute approximate surface area is 104 Å². The van der Waals surface area contributed by atoms with Crippen LogP contribution in [0.1, 0.15) is 34.6 Å². The van der Waals surface area contributed by atoms with Crippen LogP contribution in [-0.2, 0) is 0 Å². The lowest BCUT2D eigenvalue weighted by Crippen LogP contribution is -2.18. The topological polar surface area (TPSA) is 29.5 Å². The highest BCUT2D eigenvalue weighted by atomic mass is 32.1. The summed E-state index contributed by atoms with van der Waals surface area (Å²) >= 11 is 1.67. The highest BCUT2D eigenvalue weighted by molar-refractivity contribution is 7.10. The Balaban J connectivity index is 1.96. The molecule has 1 aliphatic heterocycles. The first kappa shape index (κ1) is 10.8. The van der Waals surface area contributed by atoms with E-state index in [1.807, 2.05) is 36.6 Å². The van der Waals surface area contributed by atoms with E-state index in [1.54, 1.807) is 11.3 Å². The molecule has 2 nitrogen and oxygen atoms in total. The van der Waals surface area contributed by atoms with Crippen molar-refractivity contribution in [3.63, 3.8) is 0 Å². The van der Waals surface area contributed by atoms with E-state index in [1.165, 1.54) is 4.88 Å². The molecule has 88 valence electrons. The van der Waals surface area contributed by atoms with Crippen molar-refractivity contribution in [1.29, 1.82) is 0 Å². The van der Waals surface area contributed by atoms with E-state index in [9.17, 15) is 5.11 Å². The van der Waals surface area contributed by atoms with Crippen LogP contribution in [0.2, 0.25) is 0 Å². The van der Waals surface area contributed by atoms with Gasteiger partial charge in [-0.25, -0.2) is 0 Å². The Kier molecular flexibility index (Phi) is 2.65. The van der Waals surface area contributed by atoms with Crippen molar-refractivity contribution in [3.05, 3.63) is 51.7 Å². The van der Waals surface area contributed by atoms with Crippen molar-refractivity contribution >= 4 is 11.3 Å². The van der Waals surface area contributed by atoms with E-state index < -0.39 is 6.10 Å². The third kappa shape index (κ3) is 1.96. The number of aryl methyl sites for hydroxylation is 1. The molecule has 3 heteroatoms. The van der Waals surface area contributed by atoms with Crippen molar-refractivity contribution in [3.8, 4) is 5.75 Å². The van der Waals surface area contributed by atoms with Crippen LogP contribution in [0.3, 0.4) is 0 Å². The first-order valence-electron chi connectivity index (χ1n) is 5.73. The van der Waals surface area contributed by atoms with Gasteiger partial charge in [0, 0.05) is 16.9 Å². The lowest BCUT2D eigenvalue weighted by atomic mass is 9.97. The Morgan fingerprint density at radius 2 is 2.24 bits per heavy atom. The fraction of sp³-hybridized carbons (Fsp3) is 0.286. The van der Waals surface area contributed by atoms with Gasteiger partial charge in [-0.1, -0.05) is 17.7 Å². The number of thiophene rings is 1. The van der Waals surface area contributed by atoms with E-state index in [0.717, 1.165) is 16.9 Å². The number of hydrogen-bond donors (Lipinski definition) is 1. The largest absolute Gasteiger partial charge is 0.484 e. The second-order valence-electron chi connectivity index (χ2n) is 4.41. The second kappa shape index (κ2) is 4.17. The van der Waals surface area contributed by atoms with Crippen LogP contribution < -0.4 is 4.74 Å². The second-order valence-corrected chi connectivity index (χ2v) is 5.39. The molecule has 1 aliphatic rings. The predicted octanol–water partition coefficient (Wildman–Crippen LogP) is 3.61. The SMILES string of the molecule is Cc1ccc2c(c1)[C@@H](O)CC(c1cccs1)O2. The number of aliphatic hydroxyl groups excluding tert-OH is 1. The molecule has 3 rings (SSSR count). The Bertz CT molecular complexity index is 519. The van der Waals surface area contributed by atoms with Gasteiger partial charge in [-0.3, -0.25) is 0 Å². The number of hydrogen-bond acceptors (Lipinski definition) is 3. The average molecular weight is 246 g/mol. The summed E-state index contributed by atoms with van der Waals surface area (Å²) < 4.78 is 5.95. The van der Waals surface area contributed by atoms with E-state index in [-0.39, 0.29) is 6.10 Å². The van der Waals surface area contributed by atoms with Crippen LogP contribution in [0.4, 0.5) is 0 Å². The maximum Gasteiger partial charge on any atom is 0.136 e. The summed E-state index contributed by atoms with van der Waals surface area (Å²) in [4.78, 5) is 1.18. The van der Waals surface area contributed by atoms with Gasteiger partial charge in [0.2, 0.25) is 0 Å². The molecule has 2 atom stereocenters. The fourth-order valence-corrected chi connectivity index (χ4v) is 2.98. The third-order valence-electron chi connectivity index (χ3n) is 3.09. The smallest absolute Gasteiger partial charge is 0.136 e. The molecule has 1 aromatic heterocycles. The summed E-state index contributed by atoms with van der Waals surface area (Å²) in [6.07, 6.45) is 0.197. The number of ether oxygens (including phenoxy) is 1. The zero-order valence-electron chi connectivity index (χ0n) is 9.59. The van der Waals surface area contributed by atoms with Crippen LogP contribution in [0.25, 0.3) is 0 Å². The molecule has 1 unspecified atom stereocenters. The first-order chi connectivity index (χ1) is 8.24. The summed E-state index contributed by atoms with van der Waals surface area (Å²) in [6, 6.07) is 10.0. The minimum atomic E-state index is -0.425. The average Bonchev–Trinajstić information content (AvgIpc) is 2.83. The standard InChI is InChI=1S/C14H14O2S/c1-9-4-5-12-10(7-9)11(15)8-13(16-12)14-3-2-6-17-14/h2-7,11,13,15H,8H2,1H3/t11-,13?/m0/s1. The molecule has 1 N–H and O–H groups in total. The van der Waals surface area contributed by atoms with Crippen molar-refractivity contribution in [1.82, 2.24) is 0 Å². The highest BCUT2D eigenvalue weighted by Crippen LogP contribution is 2.41. The van der Waals surface area contributed by atoms with Gasteiger partial charge in [-0.05, 0) is 30.5 Å². The normalized spacial score (nSPS) is 22.9. The summed E-state index contributed by atoms with van der Waals surface area (Å²) in [5.41, 5.74) is 2.07. The molecule has 1 aromatic carbocycles. The summed E-state index contributed by atoms with van der Waals surface area (Å²) in [7, 11) is 0. The summed E-state index contributed by atoms with van der Waals surface area (Å²) in [5.74, 6) is 0.813.